The van der Waals surface area contributed by atoms with Crippen LogP contribution in [0.1, 0.15) is 11.3 Å². The Bertz CT molecular complexity index is 1400. The highest BCUT2D eigenvalue weighted by Gasteiger charge is 2.42. The normalized spacial score (nSPS) is 12.0. The number of fused-ring (bicyclic) bond motifs is 1. The SMILES string of the molecule is C#CCN(Cc1[nH]c2c(F)cc(Br)cc2c1CCNS(=O)(=O)c1ccc(Cl)cc1)C(=O)C(F)(F)F. The Morgan fingerprint density at radius 3 is 2.49 bits per heavy atom. The Balaban J connectivity index is 1.94. The second kappa shape index (κ2) is 10.6. The van der Waals surface area contributed by atoms with E-state index in [1.54, 1.807) is 6.07 Å². The van der Waals surface area contributed by atoms with E-state index >= 15 is 0 Å². The lowest BCUT2D eigenvalue weighted by Gasteiger charge is -2.21. The fourth-order valence-electron chi connectivity index (χ4n) is 3.44. The molecule has 0 atom stereocenters. The minimum atomic E-state index is -5.16. The smallest absolute Gasteiger partial charge is 0.354 e. The first-order valence-corrected chi connectivity index (χ1v) is 12.5. The Morgan fingerprint density at radius 1 is 1.23 bits per heavy atom. The molecule has 3 rings (SSSR count). The van der Waals surface area contributed by atoms with E-state index in [4.69, 9.17) is 18.0 Å². The number of hydrogen-bond donors (Lipinski definition) is 2. The van der Waals surface area contributed by atoms with Crippen LogP contribution in [0.5, 0.6) is 0 Å². The molecule has 0 aliphatic heterocycles. The largest absolute Gasteiger partial charge is 0.471 e. The van der Waals surface area contributed by atoms with E-state index in [1.165, 1.54) is 24.3 Å². The summed E-state index contributed by atoms with van der Waals surface area (Å²) in [4.78, 5) is 14.9. The van der Waals surface area contributed by atoms with Crippen molar-refractivity contribution in [2.24, 2.45) is 0 Å². The average Bonchev–Trinajstić information content (AvgIpc) is 3.10. The van der Waals surface area contributed by atoms with Crippen LogP contribution < -0.4 is 4.72 Å². The van der Waals surface area contributed by atoms with E-state index in [1.807, 2.05) is 5.92 Å². The predicted molar refractivity (Wildman–Crippen MR) is 127 cm³/mol. The third-order valence-electron chi connectivity index (χ3n) is 4.97. The van der Waals surface area contributed by atoms with Gasteiger partial charge >= 0.3 is 12.1 Å². The van der Waals surface area contributed by atoms with Crippen LogP contribution >= 0.6 is 27.5 Å². The second-order valence-corrected chi connectivity index (χ2v) is 10.5. The van der Waals surface area contributed by atoms with E-state index in [0.717, 1.165) is 6.07 Å². The molecule has 35 heavy (non-hydrogen) atoms. The van der Waals surface area contributed by atoms with Gasteiger partial charge in [0.1, 0.15) is 5.82 Å². The van der Waals surface area contributed by atoms with Crippen molar-refractivity contribution in [3.8, 4) is 12.3 Å². The van der Waals surface area contributed by atoms with Crippen molar-refractivity contribution in [2.45, 2.75) is 24.0 Å². The van der Waals surface area contributed by atoms with Crippen molar-refractivity contribution in [2.75, 3.05) is 13.1 Å². The molecule has 2 aromatic carbocycles. The van der Waals surface area contributed by atoms with Crippen LogP contribution in [0.2, 0.25) is 5.02 Å². The molecule has 0 saturated heterocycles. The van der Waals surface area contributed by atoms with Crippen LogP contribution in [0.3, 0.4) is 0 Å². The molecule has 0 radical (unpaired) electrons. The number of aromatic amines is 1. The summed E-state index contributed by atoms with van der Waals surface area (Å²) >= 11 is 8.95. The summed E-state index contributed by atoms with van der Waals surface area (Å²) in [5.74, 6) is -0.825. The standard InChI is InChI=1S/C22H17BrClF4N3O3S/c1-2-9-31(21(32)22(26,27)28)12-19-16(17-10-13(23)11-18(25)20(17)30-19)7-8-29-35(33,34)15-5-3-14(24)4-6-15/h1,3-6,10-11,29-30H,7-9,12H2. The van der Waals surface area contributed by atoms with Gasteiger partial charge in [-0.1, -0.05) is 33.5 Å². The number of nitrogens with zero attached hydrogens (tertiary/aromatic N) is 1. The summed E-state index contributed by atoms with van der Waals surface area (Å²) < 4.78 is 81.6. The number of H-pyrrole nitrogens is 1. The van der Waals surface area contributed by atoms with Gasteiger partial charge in [0.25, 0.3) is 0 Å². The third kappa shape index (κ3) is 6.35. The zero-order chi connectivity index (χ0) is 26.0. The minimum absolute atomic E-state index is 0.00104. The van der Waals surface area contributed by atoms with Gasteiger partial charge in [-0.15, -0.1) is 6.42 Å². The molecule has 2 N–H and O–H groups in total. The molecule has 13 heteroatoms. The highest BCUT2D eigenvalue weighted by molar-refractivity contribution is 9.10. The number of halogens is 6. The third-order valence-corrected chi connectivity index (χ3v) is 7.16. The van der Waals surface area contributed by atoms with E-state index in [-0.39, 0.29) is 29.1 Å². The van der Waals surface area contributed by atoms with Gasteiger partial charge in [-0.2, -0.15) is 13.2 Å². The first-order chi connectivity index (χ1) is 16.3. The molecule has 1 amide bonds. The van der Waals surface area contributed by atoms with Gasteiger partial charge < -0.3 is 9.88 Å². The van der Waals surface area contributed by atoms with Crippen molar-refractivity contribution in [3.63, 3.8) is 0 Å². The zero-order valence-electron chi connectivity index (χ0n) is 17.7. The van der Waals surface area contributed by atoms with Gasteiger partial charge in [0.2, 0.25) is 10.0 Å². The van der Waals surface area contributed by atoms with Crippen LogP contribution in [0, 0.1) is 18.2 Å². The van der Waals surface area contributed by atoms with Gasteiger partial charge in [0, 0.05) is 27.1 Å². The van der Waals surface area contributed by atoms with Crippen molar-refractivity contribution in [3.05, 3.63) is 63.0 Å². The molecule has 186 valence electrons. The summed E-state index contributed by atoms with van der Waals surface area (Å²) in [7, 11) is -3.92. The van der Waals surface area contributed by atoms with Gasteiger partial charge in [0.05, 0.1) is 23.5 Å². The molecule has 0 spiro atoms. The molecule has 0 saturated carbocycles. The topological polar surface area (TPSA) is 82.3 Å². The predicted octanol–water partition coefficient (Wildman–Crippen LogP) is 4.77. The van der Waals surface area contributed by atoms with Gasteiger partial charge in [-0.3, -0.25) is 4.79 Å². The molecule has 0 aliphatic rings. The summed E-state index contributed by atoms with van der Waals surface area (Å²) in [5.41, 5.74) is 0.422. The molecular formula is C22H17BrClF4N3O3S. The number of nitrogens with one attached hydrogen (secondary N) is 2. The van der Waals surface area contributed by atoms with Crippen LogP contribution in [0.25, 0.3) is 10.9 Å². The first-order valence-electron chi connectivity index (χ1n) is 9.86. The number of alkyl halides is 3. The quantitative estimate of drug-likeness (QED) is 0.291. The van der Waals surface area contributed by atoms with Crippen LogP contribution in [0.15, 0.2) is 45.8 Å². The Hall–Kier alpha value is -2.59. The highest BCUT2D eigenvalue weighted by Crippen LogP contribution is 2.30. The fraction of sp³-hybridized carbons (Fsp3) is 0.227. The molecule has 0 fully saturated rings. The lowest BCUT2D eigenvalue weighted by Crippen LogP contribution is -2.41. The van der Waals surface area contributed by atoms with Gasteiger partial charge in [0.15, 0.2) is 0 Å². The van der Waals surface area contributed by atoms with Crippen LogP contribution in [0.4, 0.5) is 17.6 Å². The summed E-state index contributed by atoms with van der Waals surface area (Å²) in [6.07, 6.45) is -0.0455. The monoisotopic (exact) mass is 593 g/mol. The molecular weight excluding hydrogens is 578 g/mol. The summed E-state index contributed by atoms with van der Waals surface area (Å²) in [6.45, 7) is -1.39. The maximum absolute atomic E-state index is 14.6. The van der Waals surface area contributed by atoms with Crippen molar-refractivity contribution in [1.29, 1.82) is 0 Å². The summed E-state index contributed by atoms with van der Waals surface area (Å²) in [5, 5.41) is 0.669. The average molecular weight is 595 g/mol. The Kier molecular flexibility index (Phi) is 8.16. The number of carbonyl (C=O) groups excluding carboxylic acids is 1. The Morgan fingerprint density at radius 2 is 1.89 bits per heavy atom. The maximum atomic E-state index is 14.6. The minimum Gasteiger partial charge on any atom is -0.354 e. The lowest BCUT2D eigenvalue weighted by molar-refractivity contribution is -0.185. The van der Waals surface area contributed by atoms with Gasteiger partial charge in [-0.25, -0.2) is 17.5 Å². The number of rotatable bonds is 8. The molecule has 0 unspecified atom stereocenters. The van der Waals surface area contributed by atoms with E-state index < -0.39 is 41.0 Å². The lowest BCUT2D eigenvalue weighted by atomic mass is 10.1. The molecule has 0 aliphatic carbocycles. The number of aromatic nitrogens is 1. The Labute approximate surface area is 211 Å². The molecule has 1 aromatic heterocycles. The fourth-order valence-corrected chi connectivity index (χ4v) is 5.02. The van der Waals surface area contributed by atoms with E-state index in [2.05, 4.69) is 25.6 Å². The number of sulfonamides is 1. The van der Waals surface area contributed by atoms with Crippen molar-refractivity contribution >= 4 is 54.4 Å². The van der Waals surface area contributed by atoms with Crippen molar-refractivity contribution in [1.82, 2.24) is 14.6 Å². The number of benzene rings is 2. The first kappa shape index (κ1) is 27.0. The van der Waals surface area contributed by atoms with E-state index in [9.17, 15) is 30.8 Å². The van der Waals surface area contributed by atoms with Gasteiger partial charge in [-0.05, 0) is 48.4 Å². The molecule has 6 nitrogen and oxygen atoms in total. The second-order valence-electron chi connectivity index (χ2n) is 7.36. The van der Waals surface area contributed by atoms with Crippen molar-refractivity contribution < 1.29 is 30.8 Å². The highest BCUT2D eigenvalue weighted by atomic mass is 79.9. The number of terminal acetylenes is 1. The number of carbonyl (C=O) groups is 1. The number of amides is 1. The zero-order valence-corrected chi connectivity index (χ0v) is 20.9. The van der Waals surface area contributed by atoms with Crippen LogP contribution in [-0.4, -0.2) is 43.5 Å². The van der Waals surface area contributed by atoms with E-state index in [0.29, 0.717) is 25.3 Å². The molecule has 3 aromatic rings. The molecule has 1 heterocycles. The summed E-state index contributed by atoms with van der Waals surface area (Å²) in [6, 6.07) is 8.15. The molecule has 0 bridgehead atoms. The van der Waals surface area contributed by atoms with Crippen LogP contribution in [-0.2, 0) is 27.8 Å². The maximum Gasteiger partial charge on any atom is 0.471 e. The number of hydrogen-bond acceptors (Lipinski definition) is 3.